The Morgan fingerprint density at radius 3 is 2.85 bits per heavy atom. The number of rotatable bonds is 4. The van der Waals surface area contributed by atoms with Crippen molar-refractivity contribution in [3.05, 3.63) is 52.1 Å². The van der Waals surface area contributed by atoms with Crippen molar-refractivity contribution in [2.75, 3.05) is 7.05 Å². The molecular weight excluding hydrogens is 332 g/mol. The first-order valence-electron chi connectivity index (χ1n) is 8.93. The first kappa shape index (κ1) is 16.6. The molecule has 1 fully saturated rings. The summed E-state index contributed by atoms with van der Waals surface area (Å²) in [6.07, 6.45) is 5.95. The Morgan fingerprint density at radius 2 is 2.15 bits per heavy atom. The van der Waals surface area contributed by atoms with E-state index in [4.69, 9.17) is 4.42 Å². The van der Waals surface area contributed by atoms with E-state index in [1.165, 1.54) is 0 Å². The van der Waals surface area contributed by atoms with Gasteiger partial charge < -0.3 is 14.3 Å². The summed E-state index contributed by atoms with van der Waals surface area (Å²) in [5.41, 5.74) is 2.73. The molecule has 4 rings (SSSR count). The van der Waals surface area contributed by atoms with Gasteiger partial charge in [0.1, 0.15) is 6.26 Å². The Balaban J connectivity index is 1.60. The minimum Gasteiger partial charge on any atom is -0.449 e. The van der Waals surface area contributed by atoms with Gasteiger partial charge in [-0.25, -0.2) is 9.78 Å². The maximum absolute atomic E-state index is 12.7. The van der Waals surface area contributed by atoms with Crippen LogP contribution in [0.25, 0.3) is 11.0 Å². The van der Waals surface area contributed by atoms with Crippen LogP contribution in [0.3, 0.4) is 0 Å². The fourth-order valence-corrected chi connectivity index (χ4v) is 3.81. The maximum Gasteiger partial charge on any atom is 0.326 e. The van der Waals surface area contributed by atoms with Gasteiger partial charge in [-0.3, -0.25) is 9.36 Å². The summed E-state index contributed by atoms with van der Waals surface area (Å²) in [5, 5.41) is 0. The molecule has 1 amide bonds. The second kappa shape index (κ2) is 6.48. The van der Waals surface area contributed by atoms with Gasteiger partial charge in [-0.05, 0) is 31.0 Å². The zero-order valence-electron chi connectivity index (χ0n) is 15.0. The largest absolute Gasteiger partial charge is 0.449 e. The summed E-state index contributed by atoms with van der Waals surface area (Å²) in [6, 6.07) is 5.67. The standard InChI is InChI=1S/C19H22N4O3/c1-12-20-14(11-26-12)10-22(2)18(24)13-7-8-17-16(9-13)21-19(25)23(17)15-5-3-4-6-15/h7-9,11,15H,3-6,10H2,1-2H3,(H,21,25). The quantitative estimate of drug-likeness (QED) is 0.780. The number of amides is 1. The Hall–Kier alpha value is -2.83. The van der Waals surface area contributed by atoms with Crippen molar-refractivity contribution in [1.82, 2.24) is 19.4 Å². The van der Waals surface area contributed by atoms with Crippen molar-refractivity contribution < 1.29 is 9.21 Å². The molecule has 0 unspecified atom stereocenters. The lowest BCUT2D eigenvalue weighted by Gasteiger charge is -2.16. The molecule has 26 heavy (non-hydrogen) atoms. The van der Waals surface area contributed by atoms with Crippen LogP contribution in [0, 0.1) is 6.92 Å². The van der Waals surface area contributed by atoms with Crippen LogP contribution >= 0.6 is 0 Å². The molecular formula is C19H22N4O3. The van der Waals surface area contributed by atoms with Gasteiger partial charge in [0.25, 0.3) is 5.91 Å². The Labute approximate surface area is 150 Å². The smallest absolute Gasteiger partial charge is 0.326 e. The van der Waals surface area contributed by atoms with E-state index in [2.05, 4.69) is 9.97 Å². The van der Waals surface area contributed by atoms with Crippen molar-refractivity contribution in [3.8, 4) is 0 Å². The molecule has 3 aromatic rings. The van der Waals surface area contributed by atoms with E-state index in [9.17, 15) is 9.59 Å². The SMILES string of the molecule is Cc1nc(CN(C)C(=O)c2ccc3c(c2)[nH]c(=O)n3C2CCCC2)co1. The molecule has 0 saturated heterocycles. The molecule has 2 heterocycles. The summed E-state index contributed by atoms with van der Waals surface area (Å²) in [7, 11) is 1.73. The molecule has 0 radical (unpaired) electrons. The van der Waals surface area contributed by atoms with Gasteiger partial charge in [-0.15, -0.1) is 0 Å². The Morgan fingerprint density at radius 1 is 1.38 bits per heavy atom. The highest BCUT2D eigenvalue weighted by Gasteiger charge is 2.22. The molecule has 7 nitrogen and oxygen atoms in total. The lowest BCUT2D eigenvalue weighted by atomic mass is 10.1. The van der Waals surface area contributed by atoms with Crippen LogP contribution in [0.2, 0.25) is 0 Å². The molecule has 1 aliphatic rings. The van der Waals surface area contributed by atoms with Crippen molar-refractivity contribution in [2.45, 2.75) is 45.2 Å². The van der Waals surface area contributed by atoms with Gasteiger partial charge in [0.15, 0.2) is 5.89 Å². The van der Waals surface area contributed by atoms with E-state index >= 15 is 0 Å². The van der Waals surface area contributed by atoms with Crippen molar-refractivity contribution >= 4 is 16.9 Å². The predicted molar refractivity (Wildman–Crippen MR) is 97.1 cm³/mol. The minimum atomic E-state index is -0.123. The summed E-state index contributed by atoms with van der Waals surface area (Å²) in [6.45, 7) is 2.14. The van der Waals surface area contributed by atoms with E-state index in [1.54, 1.807) is 37.3 Å². The number of aromatic amines is 1. The zero-order chi connectivity index (χ0) is 18.3. The summed E-state index contributed by atoms with van der Waals surface area (Å²) < 4.78 is 7.03. The summed E-state index contributed by atoms with van der Waals surface area (Å²) >= 11 is 0. The molecule has 0 aliphatic heterocycles. The Kier molecular flexibility index (Phi) is 4.14. The highest BCUT2D eigenvalue weighted by Crippen LogP contribution is 2.30. The maximum atomic E-state index is 12.7. The van der Waals surface area contributed by atoms with Crippen molar-refractivity contribution in [2.24, 2.45) is 0 Å². The molecule has 1 saturated carbocycles. The molecule has 0 atom stereocenters. The molecule has 2 aromatic heterocycles. The summed E-state index contributed by atoms with van der Waals surface area (Å²) in [4.78, 5) is 33.8. The number of imidazole rings is 1. The fraction of sp³-hybridized carbons (Fsp3) is 0.421. The molecule has 0 bridgehead atoms. The van der Waals surface area contributed by atoms with E-state index in [0.29, 0.717) is 29.2 Å². The number of carbonyl (C=O) groups is 1. The highest BCUT2D eigenvalue weighted by molar-refractivity contribution is 5.97. The number of nitrogens with zero attached hydrogens (tertiary/aromatic N) is 3. The number of H-pyrrole nitrogens is 1. The number of fused-ring (bicyclic) bond motifs is 1. The van der Waals surface area contributed by atoms with Gasteiger partial charge in [0.05, 0.1) is 23.3 Å². The third-order valence-corrected chi connectivity index (χ3v) is 5.07. The topological polar surface area (TPSA) is 84.1 Å². The van der Waals surface area contributed by atoms with Crippen molar-refractivity contribution in [3.63, 3.8) is 0 Å². The van der Waals surface area contributed by atoms with Crippen LogP contribution in [0.4, 0.5) is 0 Å². The van der Waals surface area contributed by atoms with E-state index in [-0.39, 0.29) is 17.6 Å². The van der Waals surface area contributed by atoms with Crippen LogP contribution in [-0.4, -0.2) is 32.4 Å². The molecule has 0 spiro atoms. The minimum absolute atomic E-state index is 0.0945. The normalized spacial score (nSPS) is 15.0. The number of hydrogen-bond donors (Lipinski definition) is 1. The Bertz CT molecular complexity index is 1010. The van der Waals surface area contributed by atoms with Crippen LogP contribution in [0.15, 0.2) is 33.7 Å². The van der Waals surface area contributed by atoms with Gasteiger partial charge >= 0.3 is 5.69 Å². The number of benzene rings is 1. The highest BCUT2D eigenvalue weighted by atomic mass is 16.3. The van der Waals surface area contributed by atoms with Gasteiger partial charge in [-0.2, -0.15) is 0 Å². The zero-order valence-corrected chi connectivity index (χ0v) is 15.0. The average molecular weight is 354 g/mol. The van der Waals surface area contributed by atoms with E-state index < -0.39 is 0 Å². The number of oxazole rings is 1. The second-order valence-electron chi connectivity index (χ2n) is 6.99. The number of aromatic nitrogens is 3. The van der Waals surface area contributed by atoms with Crippen LogP contribution < -0.4 is 5.69 Å². The third-order valence-electron chi connectivity index (χ3n) is 5.07. The fourth-order valence-electron chi connectivity index (χ4n) is 3.81. The molecule has 7 heteroatoms. The van der Waals surface area contributed by atoms with Gasteiger partial charge in [0.2, 0.25) is 0 Å². The first-order valence-corrected chi connectivity index (χ1v) is 8.93. The van der Waals surface area contributed by atoms with E-state index in [0.717, 1.165) is 31.2 Å². The second-order valence-corrected chi connectivity index (χ2v) is 6.99. The number of carbonyl (C=O) groups excluding carboxylic acids is 1. The molecule has 1 N–H and O–H groups in total. The third kappa shape index (κ3) is 2.94. The lowest BCUT2D eigenvalue weighted by molar-refractivity contribution is 0.0783. The summed E-state index contributed by atoms with van der Waals surface area (Å²) in [5.74, 6) is 0.454. The van der Waals surface area contributed by atoms with Gasteiger partial charge in [0, 0.05) is 25.6 Å². The monoisotopic (exact) mass is 354 g/mol. The van der Waals surface area contributed by atoms with Crippen LogP contribution in [0.5, 0.6) is 0 Å². The number of aryl methyl sites for hydroxylation is 1. The molecule has 136 valence electrons. The molecule has 1 aliphatic carbocycles. The van der Waals surface area contributed by atoms with Gasteiger partial charge in [-0.1, -0.05) is 12.8 Å². The number of nitrogens with one attached hydrogen (secondary N) is 1. The first-order chi connectivity index (χ1) is 12.5. The van der Waals surface area contributed by atoms with Crippen LogP contribution in [-0.2, 0) is 6.54 Å². The predicted octanol–water partition coefficient (Wildman–Crippen LogP) is 3.01. The van der Waals surface area contributed by atoms with E-state index in [1.807, 2.05) is 10.6 Å². The van der Waals surface area contributed by atoms with Crippen LogP contribution in [0.1, 0.15) is 53.7 Å². The van der Waals surface area contributed by atoms with Crippen molar-refractivity contribution in [1.29, 1.82) is 0 Å². The number of hydrogen-bond acceptors (Lipinski definition) is 4. The molecule has 1 aromatic carbocycles. The lowest BCUT2D eigenvalue weighted by Crippen LogP contribution is -2.26. The average Bonchev–Trinajstić information content (AvgIpc) is 3.33.